The number of aromatic nitrogens is 4. The Morgan fingerprint density at radius 2 is 1.41 bits per heavy atom. The number of hydrogen-bond donors (Lipinski definition) is 5. The number of nitrogens with one attached hydrogen (secondary N) is 4. The predicted molar refractivity (Wildman–Crippen MR) is 283 cm³/mol. The van der Waals surface area contributed by atoms with Crippen molar-refractivity contribution in [2.45, 2.75) is 69.7 Å². The molecule has 22 heteroatoms. The molecule has 0 aliphatic carbocycles. The van der Waals surface area contributed by atoms with Crippen LogP contribution in [0.4, 0.5) is 62.7 Å². The van der Waals surface area contributed by atoms with Crippen LogP contribution in [0, 0.1) is 5.53 Å². The van der Waals surface area contributed by atoms with Crippen molar-refractivity contribution in [2.24, 2.45) is 15.3 Å². The fraction of sp³-hybridized carbons (Fsp3) is 0.306. The second-order valence-electron chi connectivity index (χ2n) is 16.2. The highest BCUT2D eigenvalue weighted by molar-refractivity contribution is 7.98. The molecule has 1 aliphatic rings. The Bertz CT molecular complexity index is 3030. The number of rotatable bonds is 22. The van der Waals surface area contributed by atoms with E-state index in [4.69, 9.17) is 30.6 Å². The molecule has 0 bridgehead atoms. The summed E-state index contributed by atoms with van der Waals surface area (Å²) in [6, 6.07) is 26.6. The molecule has 1 amide bonds. The van der Waals surface area contributed by atoms with Crippen LogP contribution >= 0.6 is 23.1 Å². The lowest BCUT2D eigenvalue weighted by atomic mass is 10.1. The number of Topliss-reactive ketones (excluding diaryl/α,β-unsaturated/α-hetero) is 1. The molecule has 1 fully saturated rings. The number of piperidine rings is 1. The number of carbonyl (C=O) groups is 2. The van der Waals surface area contributed by atoms with Gasteiger partial charge in [-0.05, 0) is 120 Å². The van der Waals surface area contributed by atoms with Gasteiger partial charge in [0.25, 0.3) is 16.0 Å². The number of anilines is 8. The quantitative estimate of drug-likeness (QED) is 0.0106. The van der Waals surface area contributed by atoms with Crippen LogP contribution in [0.15, 0.2) is 122 Å². The van der Waals surface area contributed by atoms with Crippen LogP contribution in [0.3, 0.4) is 0 Å². The van der Waals surface area contributed by atoms with E-state index in [1.54, 1.807) is 6.07 Å². The molecule has 4 aromatic carbocycles. The van der Waals surface area contributed by atoms with Crippen LogP contribution in [-0.2, 0) is 25.5 Å². The Morgan fingerprint density at radius 3 is 2.00 bits per heavy atom. The lowest BCUT2D eigenvalue weighted by Gasteiger charge is -2.27. The van der Waals surface area contributed by atoms with Gasteiger partial charge in [-0.2, -0.15) is 33.5 Å². The minimum Gasteiger partial charge on any atom is -0.372 e. The molecule has 6 aromatic rings. The summed E-state index contributed by atoms with van der Waals surface area (Å²) in [5.74, 6) is 0.309. The van der Waals surface area contributed by atoms with Crippen molar-refractivity contribution in [1.82, 2.24) is 19.9 Å². The van der Waals surface area contributed by atoms with Crippen LogP contribution in [0.2, 0.25) is 0 Å². The summed E-state index contributed by atoms with van der Waals surface area (Å²) in [5.41, 5.74) is 12.7. The van der Waals surface area contributed by atoms with Crippen LogP contribution in [0.25, 0.3) is 6.08 Å². The minimum absolute atomic E-state index is 0.0745. The molecule has 71 heavy (non-hydrogen) atoms. The molecule has 0 spiro atoms. The summed E-state index contributed by atoms with van der Waals surface area (Å²) in [7, 11) is -4.54. The maximum Gasteiger partial charge on any atom is 0.294 e. The molecule has 0 unspecified atom stereocenters. The summed E-state index contributed by atoms with van der Waals surface area (Å²) in [4.78, 5) is 52.7. The SMILES string of the molecule is CCN(CC)c1ccc(N=N)c(Nc2nc(Nc3cc(N(CC)CC)ccc3N=Nc3nc(N4CCCCC4)c(/C=C(\C(C)=O)C(=O)Nc4cccc(S(=O)(=O)O)c4)s3)nc(SCc3ccccc3)n2)c1. The summed E-state index contributed by atoms with van der Waals surface area (Å²) in [6.45, 7) is 14.1. The Kier molecular flexibility index (Phi) is 17.6. The van der Waals surface area contributed by atoms with Gasteiger partial charge in [-0.1, -0.05) is 59.5 Å². The zero-order chi connectivity index (χ0) is 50.5. The van der Waals surface area contributed by atoms with Crippen LogP contribution in [0.5, 0.6) is 0 Å². The Balaban J connectivity index is 1.26. The van der Waals surface area contributed by atoms with Gasteiger partial charge in [0.1, 0.15) is 17.2 Å². The Hall–Kier alpha value is -7.14. The maximum atomic E-state index is 13.6. The number of thiazole rings is 1. The lowest BCUT2D eigenvalue weighted by Crippen LogP contribution is -2.30. The predicted octanol–water partition coefficient (Wildman–Crippen LogP) is 11.7. The van der Waals surface area contributed by atoms with E-state index in [0.717, 1.165) is 79.8 Å². The van der Waals surface area contributed by atoms with Gasteiger partial charge in [0, 0.05) is 62.1 Å². The molecular weight excluding hydrogens is 961 g/mol. The first-order valence-electron chi connectivity index (χ1n) is 23.2. The van der Waals surface area contributed by atoms with E-state index in [2.05, 4.69) is 68.6 Å². The first-order chi connectivity index (χ1) is 34.3. The van der Waals surface area contributed by atoms with Crippen molar-refractivity contribution in [3.05, 3.63) is 107 Å². The van der Waals surface area contributed by atoms with E-state index < -0.39 is 26.7 Å². The van der Waals surface area contributed by atoms with E-state index in [1.807, 2.05) is 60.7 Å². The summed E-state index contributed by atoms with van der Waals surface area (Å²) in [5, 5.41) is 23.2. The fourth-order valence-electron chi connectivity index (χ4n) is 7.77. The third kappa shape index (κ3) is 13.6. The number of ketones is 1. The Labute approximate surface area is 421 Å². The molecule has 370 valence electrons. The largest absolute Gasteiger partial charge is 0.372 e. The van der Waals surface area contributed by atoms with E-state index in [1.165, 1.54) is 43.0 Å². The number of amides is 1. The van der Waals surface area contributed by atoms with Crippen molar-refractivity contribution < 1.29 is 22.6 Å². The Morgan fingerprint density at radius 1 is 0.789 bits per heavy atom. The van der Waals surface area contributed by atoms with Gasteiger partial charge in [-0.3, -0.25) is 14.1 Å². The third-order valence-corrected chi connectivity index (χ3v) is 14.1. The van der Waals surface area contributed by atoms with E-state index in [9.17, 15) is 22.6 Å². The number of hydrogen-bond acceptors (Lipinski definition) is 19. The number of benzene rings is 4. The van der Waals surface area contributed by atoms with Gasteiger partial charge in [0.15, 0.2) is 10.9 Å². The third-order valence-electron chi connectivity index (χ3n) is 11.5. The van der Waals surface area contributed by atoms with Crippen molar-refractivity contribution in [3.8, 4) is 0 Å². The molecular formula is C49H56N14O5S3. The number of carbonyl (C=O) groups excluding carboxylic acids is 2. The van der Waals surface area contributed by atoms with Gasteiger partial charge in [0.2, 0.25) is 17.0 Å². The van der Waals surface area contributed by atoms with Crippen molar-refractivity contribution in [1.29, 1.82) is 5.53 Å². The highest BCUT2D eigenvalue weighted by atomic mass is 32.2. The lowest BCUT2D eigenvalue weighted by molar-refractivity contribution is -0.118. The summed E-state index contributed by atoms with van der Waals surface area (Å²) >= 11 is 2.60. The van der Waals surface area contributed by atoms with Gasteiger partial charge in [0.05, 0.1) is 26.7 Å². The monoisotopic (exact) mass is 1020 g/mol. The standard InChI is InChI=1S/C49H56N14O5S3/c1-6-61(7-2)35-21-23-39(58-50)41(28-35)52-46-55-47(57-48(56-46)69-31-33-17-12-10-13-18-33)53-42-29-36(62(8-3)9-4)22-24-40(42)59-60-49-54-44(63-25-14-11-15-26-63)43(70-49)30-38(32(5)64)45(65)51-34-19-16-20-37(27-34)71(66,67)68/h10,12-13,16-24,27-30,50H,6-9,11,14-15,25-26,31H2,1-5H3,(H,51,65)(H,66,67,68)(H2,52,53,55,56,57)/b38-30+,58-50?,60-59?. The van der Waals surface area contributed by atoms with Gasteiger partial charge in [-0.15, -0.1) is 10.2 Å². The zero-order valence-corrected chi connectivity index (χ0v) is 42.5. The fourth-order valence-corrected chi connectivity index (χ4v) is 9.94. The molecule has 3 heterocycles. The van der Waals surface area contributed by atoms with Crippen LogP contribution in [-0.4, -0.2) is 83.9 Å². The summed E-state index contributed by atoms with van der Waals surface area (Å²) < 4.78 is 33.1. The van der Waals surface area contributed by atoms with Gasteiger partial charge in [-0.25, -0.2) is 5.53 Å². The van der Waals surface area contributed by atoms with Crippen LogP contribution in [0.1, 0.15) is 64.3 Å². The normalized spacial score (nSPS) is 13.0. The molecule has 1 aliphatic heterocycles. The maximum absolute atomic E-state index is 13.6. The number of thioether (sulfide) groups is 1. The molecule has 0 radical (unpaired) electrons. The topological polar surface area (TPSA) is 247 Å². The van der Waals surface area contributed by atoms with Crippen molar-refractivity contribution in [3.63, 3.8) is 0 Å². The highest BCUT2D eigenvalue weighted by Gasteiger charge is 2.23. The first-order valence-corrected chi connectivity index (χ1v) is 26.4. The average Bonchev–Trinajstić information content (AvgIpc) is 3.78. The smallest absolute Gasteiger partial charge is 0.294 e. The highest BCUT2D eigenvalue weighted by Crippen LogP contribution is 2.39. The molecule has 5 N–H and O–H groups in total. The molecule has 2 aromatic heterocycles. The van der Waals surface area contributed by atoms with Crippen LogP contribution < -0.4 is 30.7 Å². The van der Waals surface area contributed by atoms with Crippen molar-refractivity contribution >= 4 is 114 Å². The van der Waals surface area contributed by atoms with E-state index in [-0.39, 0.29) is 28.3 Å². The molecule has 7 rings (SSSR count). The molecule has 0 saturated carbocycles. The van der Waals surface area contributed by atoms with E-state index in [0.29, 0.717) is 57.4 Å². The van der Waals surface area contributed by atoms with Gasteiger partial charge < -0.3 is 30.7 Å². The number of nitrogens with zero attached hydrogens (tertiary/aromatic N) is 10. The first kappa shape index (κ1) is 51.7. The zero-order valence-electron chi connectivity index (χ0n) is 40.1. The second-order valence-corrected chi connectivity index (χ2v) is 19.5. The molecule has 1 saturated heterocycles. The van der Waals surface area contributed by atoms with E-state index >= 15 is 0 Å². The van der Waals surface area contributed by atoms with Gasteiger partial charge >= 0.3 is 0 Å². The number of azo groups is 1. The van der Waals surface area contributed by atoms with Crippen molar-refractivity contribution in [2.75, 3.05) is 69.9 Å². The average molecular weight is 1020 g/mol. The molecule has 0 atom stereocenters. The summed E-state index contributed by atoms with van der Waals surface area (Å²) in [6.07, 6.45) is 4.39. The minimum atomic E-state index is -4.54. The molecule has 19 nitrogen and oxygen atoms in total. The second kappa shape index (κ2) is 24.1.